The normalized spacial score (nSPS) is 10.5. The fraction of sp³-hybridized carbons (Fsp3) is 0.333. The Morgan fingerprint density at radius 3 is 2.53 bits per heavy atom. The van der Waals surface area contributed by atoms with Crippen LogP contribution in [0.4, 0.5) is 5.95 Å². The van der Waals surface area contributed by atoms with E-state index >= 15 is 0 Å². The Labute approximate surface area is 114 Å². The lowest BCUT2D eigenvalue weighted by Gasteiger charge is -2.19. The number of hydrogen-bond acceptors (Lipinski definition) is 4. The minimum absolute atomic E-state index is 0.480. The van der Waals surface area contributed by atoms with Gasteiger partial charge in [-0.1, -0.05) is 24.3 Å². The lowest BCUT2D eigenvalue weighted by molar-refractivity contribution is 0.842. The van der Waals surface area contributed by atoms with E-state index in [2.05, 4.69) is 46.1 Å². The van der Waals surface area contributed by atoms with Crippen LogP contribution in [0.15, 0.2) is 30.5 Å². The smallest absolute Gasteiger partial charge is 0.225 e. The molecule has 0 fully saturated rings. The van der Waals surface area contributed by atoms with Crippen molar-refractivity contribution in [3.05, 3.63) is 52.8 Å². The second-order valence-corrected chi connectivity index (χ2v) is 4.77. The predicted octanol–water partition coefficient (Wildman–Crippen LogP) is 2.19. The third kappa shape index (κ3) is 3.09. The molecule has 0 spiro atoms. The van der Waals surface area contributed by atoms with Gasteiger partial charge < -0.3 is 10.6 Å². The van der Waals surface area contributed by atoms with Gasteiger partial charge >= 0.3 is 0 Å². The number of rotatable bonds is 4. The molecule has 4 nitrogen and oxygen atoms in total. The van der Waals surface area contributed by atoms with Crippen molar-refractivity contribution >= 4 is 5.95 Å². The third-order valence-corrected chi connectivity index (χ3v) is 3.30. The van der Waals surface area contributed by atoms with Gasteiger partial charge in [-0.05, 0) is 25.0 Å². The first-order valence-corrected chi connectivity index (χ1v) is 6.40. The van der Waals surface area contributed by atoms with Crippen LogP contribution in [0, 0.1) is 13.8 Å². The van der Waals surface area contributed by atoms with E-state index in [4.69, 9.17) is 5.73 Å². The van der Waals surface area contributed by atoms with Gasteiger partial charge in [0.05, 0.1) is 0 Å². The van der Waals surface area contributed by atoms with Crippen molar-refractivity contribution in [3.63, 3.8) is 0 Å². The minimum Gasteiger partial charge on any atom is -0.340 e. The monoisotopic (exact) mass is 256 g/mol. The van der Waals surface area contributed by atoms with Gasteiger partial charge in [-0.2, -0.15) is 0 Å². The summed E-state index contributed by atoms with van der Waals surface area (Å²) in [6.45, 7) is 5.36. The van der Waals surface area contributed by atoms with Crippen LogP contribution >= 0.6 is 0 Å². The fourth-order valence-electron chi connectivity index (χ4n) is 1.98. The maximum Gasteiger partial charge on any atom is 0.225 e. The highest BCUT2D eigenvalue weighted by atomic mass is 15.2. The highest BCUT2D eigenvalue weighted by Crippen LogP contribution is 2.14. The number of hydrogen-bond donors (Lipinski definition) is 1. The van der Waals surface area contributed by atoms with Gasteiger partial charge in [0, 0.05) is 37.6 Å². The van der Waals surface area contributed by atoms with Gasteiger partial charge in [-0.15, -0.1) is 0 Å². The summed E-state index contributed by atoms with van der Waals surface area (Å²) in [6.07, 6.45) is 1.81. The maximum atomic E-state index is 5.63. The van der Waals surface area contributed by atoms with Crippen LogP contribution in [0.1, 0.15) is 22.4 Å². The van der Waals surface area contributed by atoms with Crippen molar-refractivity contribution in [2.24, 2.45) is 5.73 Å². The molecule has 0 bridgehead atoms. The summed E-state index contributed by atoms with van der Waals surface area (Å²) in [7, 11) is 2.00. The van der Waals surface area contributed by atoms with Gasteiger partial charge in [0.15, 0.2) is 0 Å². The molecule has 0 saturated carbocycles. The van der Waals surface area contributed by atoms with E-state index in [1.165, 1.54) is 11.1 Å². The zero-order chi connectivity index (χ0) is 13.8. The second-order valence-electron chi connectivity index (χ2n) is 4.77. The zero-order valence-electron chi connectivity index (χ0n) is 11.7. The van der Waals surface area contributed by atoms with Gasteiger partial charge in [0.1, 0.15) is 0 Å². The Morgan fingerprint density at radius 2 is 1.89 bits per heavy atom. The van der Waals surface area contributed by atoms with Crippen molar-refractivity contribution in [1.29, 1.82) is 0 Å². The average Bonchev–Trinajstić information content (AvgIpc) is 2.41. The van der Waals surface area contributed by atoms with Crippen molar-refractivity contribution in [3.8, 4) is 0 Å². The highest BCUT2D eigenvalue weighted by Gasteiger charge is 2.08. The quantitative estimate of drug-likeness (QED) is 0.911. The van der Waals surface area contributed by atoms with Crippen molar-refractivity contribution in [2.75, 3.05) is 11.9 Å². The standard InChI is InChI=1S/C15H20N4/c1-11-6-4-5-7-13(11)10-19(3)15-17-9-14(8-16)12(2)18-15/h4-7,9H,8,10,16H2,1-3H3. The molecule has 1 heterocycles. The Balaban J connectivity index is 2.18. The molecule has 0 atom stereocenters. The fourth-order valence-corrected chi connectivity index (χ4v) is 1.98. The Hall–Kier alpha value is -1.94. The molecule has 0 amide bonds. The summed E-state index contributed by atoms with van der Waals surface area (Å²) in [6, 6.07) is 8.36. The number of aryl methyl sites for hydroxylation is 2. The molecule has 0 aliphatic rings. The van der Waals surface area contributed by atoms with E-state index in [-0.39, 0.29) is 0 Å². The molecule has 4 heteroatoms. The summed E-state index contributed by atoms with van der Waals surface area (Å²) < 4.78 is 0. The molecule has 0 aliphatic heterocycles. The molecule has 2 rings (SSSR count). The van der Waals surface area contributed by atoms with Crippen LogP contribution in [0.25, 0.3) is 0 Å². The zero-order valence-corrected chi connectivity index (χ0v) is 11.7. The number of benzene rings is 1. The Morgan fingerprint density at radius 1 is 1.16 bits per heavy atom. The SMILES string of the molecule is Cc1ccccc1CN(C)c1ncc(CN)c(C)n1. The van der Waals surface area contributed by atoms with Crippen LogP contribution in [-0.4, -0.2) is 17.0 Å². The molecular weight excluding hydrogens is 236 g/mol. The topological polar surface area (TPSA) is 55.0 Å². The molecule has 0 saturated heterocycles. The minimum atomic E-state index is 0.480. The van der Waals surface area contributed by atoms with E-state index in [0.29, 0.717) is 6.54 Å². The second kappa shape index (κ2) is 5.80. The van der Waals surface area contributed by atoms with Crippen molar-refractivity contribution < 1.29 is 0 Å². The Bertz CT molecular complexity index is 566. The molecule has 2 aromatic rings. The van der Waals surface area contributed by atoms with E-state index in [1.807, 2.05) is 20.2 Å². The molecule has 19 heavy (non-hydrogen) atoms. The number of nitrogens with zero attached hydrogens (tertiary/aromatic N) is 3. The molecule has 0 radical (unpaired) electrons. The van der Waals surface area contributed by atoms with E-state index in [0.717, 1.165) is 23.8 Å². The van der Waals surface area contributed by atoms with Crippen LogP contribution in [0.3, 0.4) is 0 Å². The maximum absolute atomic E-state index is 5.63. The van der Waals surface area contributed by atoms with Gasteiger partial charge in [-0.3, -0.25) is 0 Å². The van der Waals surface area contributed by atoms with Crippen molar-refractivity contribution in [2.45, 2.75) is 26.9 Å². The summed E-state index contributed by atoms with van der Waals surface area (Å²) in [5, 5.41) is 0. The summed E-state index contributed by atoms with van der Waals surface area (Å²) >= 11 is 0. The largest absolute Gasteiger partial charge is 0.340 e. The first-order chi connectivity index (χ1) is 9.11. The lowest BCUT2D eigenvalue weighted by atomic mass is 10.1. The van der Waals surface area contributed by atoms with Crippen LogP contribution in [0.5, 0.6) is 0 Å². The molecule has 0 aliphatic carbocycles. The summed E-state index contributed by atoms with van der Waals surface area (Å²) in [4.78, 5) is 10.9. The van der Waals surface area contributed by atoms with Gasteiger partial charge in [-0.25, -0.2) is 9.97 Å². The molecular formula is C15H20N4. The van der Waals surface area contributed by atoms with Crippen LogP contribution in [0.2, 0.25) is 0 Å². The lowest BCUT2D eigenvalue weighted by Crippen LogP contribution is -2.20. The predicted molar refractivity (Wildman–Crippen MR) is 77.9 cm³/mol. The van der Waals surface area contributed by atoms with Crippen LogP contribution in [-0.2, 0) is 13.1 Å². The highest BCUT2D eigenvalue weighted by molar-refractivity contribution is 5.35. The first kappa shape index (κ1) is 13.5. The molecule has 100 valence electrons. The van der Waals surface area contributed by atoms with E-state index in [1.54, 1.807) is 0 Å². The molecule has 2 N–H and O–H groups in total. The van der Waals surface area contributed by atoms with E-state index < -0.39 is 0 Å². The summed E-state index contributed by atoms with van der Waals surface area (Å²) in [5.41, 5.74) is 10.1. The summed E-state index contributed by atoms with van der Waals surface area (Å²) in [5.74, 6) is 0.734. The van der Waals surface area contributed by atoms with Gasteiger partial charge in [0.2, 0.25) is 5.95 Å². The first-order valence-electron chi connectivity index (χ1n) is 6.40. The van der Waals surface area contributed by atoms with E-state index in [9.17, 15) is 0 Å². The number of aromatic nitrogens is 2. The molecule has 1 aromatic heterocycles. The van der Waals surface area contributed by atoms with Crippen molar-refractivity contribution in [1.82, 2.24) is 9.97 Å². The Kier molecular flexibility index (Phi) is 4.12. The number of nitrogens with two attached hydrogens (primary N) is 1. The number of anilines is 1. The molecule has 0 unspecified atom stereocenters. The third-order valence-electron chi connectivity index (χ3n) is 3.30. The average molecular weight is 256 g/mol. The van der Waals surface area contributed by atoms with Gasteiger partial charge in [0.25, 0.3) is 0 Å². The molecule has 1 aromatic carbocycles. The van der Waals surface area contributed by atoms with Crippen LogP contribution < -0.4 is 10.6 Å².